The monoisotopic (exact) mass is 523 g/mol. The number of amides is 2. The van der Waals surface area contributed by atoms with Crippen molar-refractivity contribution in [3.63, 3.8) is 0 Å². The lowest BCUT2D eigenvalue weighted by Gasteiger charge is -2.39. The van der Waals surface area contributed by atoms with Gasteiger partial charge in [-0.3, -0.25) is 9.59 Å². The van der Waals surface area contributed by atoms with Crippen LogP contribution in [0.2, 0.25) is 0 Å². The van der Waals surface area contributed by atoms with Crippen LogP contribution in [0.25, 0.3) is 0 Å². The van der Waals surface area contributed by atoms with Gasteiger partial charge in [-0.15, -0.1) is 0 Å². The minimum atomic E-state index is -2.00. The van der Waals surface area contributed by atoms with Crippen molar-refractivity contribution in [2.75, 3.05) is 39.9 Å². The number of carbonyl (C=O) groups is 2. The largest absolute Gasteiger partial charge is 0.394 e. The van der Waals surface area contributed by atoms with E-state index in [1.165, 1.54) is 0 Å². The zero-order valence-corrected chi connectivity index (χ0v) is 21.8. The summed E-state index contributed by atoms with van der Waals surface area (Å²) < 4.78 is 10.6. The summed E-state index contributed by atoms with van der Waals surface area (Å²) in [6.45, 7) is 7.50. The van der Waals surface area contributed by atoms with Crippen LogP contribution in [0.1, 0.15) is 40.5 Å². The van der Waals surface area contributed by atoms with Crippen molar-refractivity contribution < 1.29 is 49.7 Å². The third-order valence-corrected chi connectivity index (χ3v) is 6.12. The van der Waals surface area contributed by atoms with Crippen molar-refractivity contribution in [2.45, 2.75) is 89.0 Å². The third-order valence-electron chi connectivity index (χ3n) is 6.12. The van der Waals surface area contributed by atoms with E-state index < -0.39 is 66.9 Å². The molecule has 0 aromatic carbocycles. The summed E-state index contributed by atoms with van der Waals surface area (Å²) in [5, 5.41) is 65.7. The lowest BCUT2D eigenvalue weighted by atomic mass is 9.95. The first-order valence-corrected chi connectivity index (χ1v) is 12.3. The number of carbonyl (C=O) groups excluding carboxylic acids is 2. The van der Waals surface area contributed by atoms with E-state index in [-0.39, 0.29) is 19.1 Å². The first kappa shape index (κ1) is 32.6. The van der Waals surface area contributed by atoms with Crippen molar-refractivity contribution in [3.05, 3.63) is 0 Å². The molecule has 0 aromatic rings. The highest BCUT2D eigenvalue weighted by Crippen LogP contribution is 2.24. The van der Waals surface area contributed by atoms with Crippen LogP contribution in [0, 0.1) is 5.92 Å². The molecule has 1 fully saturated rings. The minimum Gasteiger partial charge on any atom is -0.394 e. The van der Waals surface area contributed by atoms with Crippen LogP contribution in [0.4, 0.5) is 0 Å². The lowest BCUT2D eigenvalue weighted by molar-refractivity contribution is -0.292. The Morgan fingerprint density at radius 3 is 2.44 bits per heavy atom. The number of hydrogen-bond acceptors (Lipinski definition) is 11. The molecule has 1 rings (SSSR count). The highest BCUT2D eigenvalue weighted by atomic mass is 16.7. The highest BCUT2D eigenvalue weighted by molar-refractivity contribution is 5.81. The molecule has 0 saturated carbocycles. The molecule has 8 N–H and O–H groups in total. The summed E-state index contributed by atoms with van der Waals surface area (Å²) in [6, 6.07) is 0. The maximum atomic E-state index is 12.4. The fraction of sp³-hybridized carbons (Fsp3) is 0.913. The molecular weight excluding hydrogens is 478 g/mol. The highest BCUT2D eigenvalue weighted by Gasteiger charge is 2.43. The molecule has 8 unspecified atom stereocenters. The second-order valence-electron chi connectivity index (χ2n) is 10.1. The average molecular weight is 524 g/mol. The summed E-state index contributed by atoms with van der Waals surface area (Å²) in [5.74, 6) is -1.58. The number of aliphatic hydroxyl groups is 6. The zero-order chi connectivity index (χ0) is 27.6. The van der Waals surface area contributed by atoms with Crippen LogP contribution in [0.5, 0.6) is 0 Å². The summed E-state index contributed by atoms with van der Waals surface area (Å²) in [4.78, 5) is 26.0. The fourth-order valence-corrected chi connectivity index (χ4v) is 3.96. The predicted molar refractivity (Wildman–Crippen MR) is 129 cm³/mol. The van der Waals surface area contributed by atoms with Gasteiger partial charge in [0.05, 0.1) is 19.3 Å². The lowest BCUT2D eigenvalue weighted by Crippen LogP contribution is -2.57. The quantitative estimate of drug-likeness (QED) is 0.101. The van der Waals surface area contributed by atoms with Crippen LogP contribution < -0.4 is 10.6 Å². The van der Waals surface area contributed by atoms with E-state index in [2.05, 4.69) is 10.6 Å². The Hall–Kier alpha value is -1.42. The Morgan fingerprint density at radius 1 is 1.22 bits per heavy atom. The second kappa shape index (κ2) is 15.1. The molecular formula is C23H45N3O10. The molecule has 0 spiro atoms. The molecule has 36 heavy (non-hydrogen) atoms. The van der Waals surface area contributed by atoms with Gasteiger partial charge >= 0.3 is 0 Å². The van der Waals surface area contributed by atoms with Crippen molar-refractivity contribution in [3.8, 4) is 0 Å². The summed E-state index contributed by atoms with van der Waals surface area (Å²) in [6.07, 6.45) is -10.00. The number of nitrogens with one attached hydrogen (secondary N) is 2. The number of nitrogens with zero attached hydrogens (tertiary/aromatic N) is 1. The van der Waals surface area contributed by atoms with Crippen molar-refractivity contribution in [2.24, 2.45) is 5.92 Å². The van der Waals surface area contributed by atoms with Gasteiger partial charge in [0, 0.05) is 31.0 Å². The van der Waals surface area contributed by atoms with Crippen LogP contribution in [0.3, 0.4) is 0 Å². The van der Waals surface area contributed by atoms with Gasteiger partial charge in [0.2, 0.25) is 5.91 Å². The van der Waals surface area contributed by atoms with E-state index in [0.29, 0.717) is 25.9 Å². The van der Waals surface area contributed by atoms with Gasteiger partial charge in [-0.05, 0) is 33.9 Å². The Balaban J connectivity index is 2.57. The SMILES string of the molecule is CCC(=O)NC(C)(C)CN(C)CCCNC(=O)C(O)C(O)C(OC1OCC(O)C(C)C1O)C(O)CO. The minimum absolute atomic E-state index is 0.0431. The molecule has 0 aliphatic carbocycles. The zero-order valence-electron chi connectivity index (χ0n) is 21.8. The Bertz CT molecular complexity index is 683. The molecule has 1 heterocycles. The van der Waals surface area contributed by atoms with Crippen LogP contribution in [-0.2, 0) is 19.1 Å². The Labute approximate surface area is 212 Å². The Morgan fingerprint density at radius 2 is 1.86 bits per heavy atom. The molecule has 8 atom stereocenters. The van der Waals surface area contributed by atoms with Crippen molar-refractivity contribution >= 4 is 11.8 Å². The van der Waals surface area contributed by atoms with Gasteiger partial charge in [0.1, 0.15) is 24.4 Å². The second-order valence-corrected chi connectivity index (χ2v) is 10.1. The number of likely N-dealkylation sites (N-methyl/N-ethyl adjacent to an activating group) is 1. The van der Waals surface area contributed by atoms with Gasteiger partial charge < -0.3 is 55.6 Å². The molecule has 0 aromatic heterocycles. The topological polar surface area (TPSA) is 201 Å². The standard InChI is InChI=1S/C23H45N3O10/c1-6-16(30)25-23(3,4)12-26(5)9-7-8-24-21(34)19(33)18(32)20(14(28)10-27)36-22-17(31)13(2)15(29)11-35-22/h13-15,17-20,22,27-29,31-33H,6-12H2,1-5H3,(H,24,34)(H,25,30). The number of aliphatic hydroxyl groups excluding tert-OH is 6. The molecule has 1 aliphatic heterocycles. The van der Waals surface area contributed by atoms with E-state index in [1.54, 1.807) is 13.8 Å². The molecule has 1 aliphatic rings. The smallest absolute Gasteiger partial charge is 0.251 e. The summed E-state index contributed by atoms with van der Waals surface area (Å²) in [5.41, 5.74) is -0.431. The number of rotatable bonds is 15. The predicted octanol–water partition coefficient (Wildman–Crippen LogP) is -3.10. The molecule has 212 valence electrons. The summed E-state index contributed by atoms with van der Waals surface area (Å²) >= 11 is 0. The first-order valence-electron chi connectivity index (χ1n) is 12.3. The van der Waals surface area contributed by atoms with Gasteiger partial charge in [-0.25, -0.2) is 0 Å². The van der Waals surface area contributed by atoms with E-state index in [4.69, 9.17) is 9.47 Å². The van der Waals surface area contributed by atoms with E-state index in [9.17, 15) is 40.2 Å². The normalized spacial score (nSPS) is 26.2. The third kappa shape index (κ3) is 10.1. The van der Waals surface area contributed by atoms with Crippen molar-refractivity contribution in [1.29, 1.82) is 0 Å². The van der Waals surface area contributed by atoms with Crippen LogP contribution >= 0.6 is 0 Å². The van der Waals surface area contributed by atoms with E-state index in [0.717, 1.165) is 0 Å². The maximum absolute atomic E-state index is 12.4. The van der Waals surface area contributed by atoms with E-state index in [1.807, 2.05) is 25.8 Å². The fourth-order valence-electron chi connectivity index (χ4n) is 3.96. The molecule has 0 bridgehead atoms. The van der Waals surface area contributed by atoms with Crippen LogP contribution in [0.15, 0.2) is 0 Å². The van der Waals surface area contributed by atoms with Gasteiger partial charge in [0.15, 0.2) is 12.4 Å². The van der Waals surface area contributed by atoms with Gasteiger partial charge in [-0.2, -0.15) is 0 Å². The molecule has 13 heteroatoms. The van der Waals surface area contributed by atoms with Crippen LogP contribution in [-0.4, -0.2) is 136 Å². The Kier molecular flexibility index (Phi) is 13.7. The average Bonchev–Trinajstić information content (AvgIpc) is 2.82. The molecule has 13 nitrogen and oxygen atoms in total. The molecule has 1 saturated heterocycles. The number of ether oxygens (including phenoxy) is 2. The summed E-state index contributed by atoms with van der Waals surface area (Å²) in [7, 11) is 1.88. The first-order chi connectivity index (χ1) is 16.7. The van der Waals surface area contributed by atoms with Crippen molar-refractivity contribution in [1.82, 2.24) is 15.5 Å². The van der Waals surface area contributed by atoms with E-state index >= 15 is 0 Å². The molecule has 0 radical (unpaired) electrons. The maximum Gasteiger partial charge on any atom is 0.251 e. The molecule has 2 amide bonds. The number of hydrogen-bond donors (Lipinski definition) is 8. The van der Waals surface area contributed by atoms with Gasteiger partial charge in [0.25, 0.3) is 5.91 Å². The van der Waals surface area contributed by atoms with Gasteiger partial charge in [-0.1, -0.05) is 13.8 Å².